The molecule has 1 heterocycles. The van der Waals surface area contributed by atoms with Crippen molar-refractivity contribution in [1.29, 1.82) is 0 Å². The summed E-state index contributed by atoms with van der Waals surface area (Å²) in [5.74, 6) is 2.27. The highest BCUT2D eigenvalue weighted by Gasteiger charge is 2.07. The SMILES string of the molecule is COc1cc(N)cc(-n2nc(C)nc2C)c1. The number of nitrogen functional groups attached to an aromatic ring is 1. The molecule has 0 spiro atoms. The molecule has 0 amide bonds. The molecule has 2 N–H and O–H groups in total. The maximum absolute atomic E-state index is 5.79. The quantitative estimate of drug-likeness (QED) is 0.775. The largest absolute Gasteiger partial charge is 0.497 e. The van der Waals surface area contributed by atoms with E-state index in [0.29, 0.717) is 11.4 Å². The Labute approximate surface area is 93.9 Å². The Hall–Kier alpha value is -2.04. The molecule has 0 radical (unpaired) electrons. The normalized spacial score (nSPS) is 10.4. The minimum atomic E-state index is 0.641. The molecule has 0 fully saturated rings. The van der Waals surface area contributed by atoms with Gasteiger partial charge in [0.1, 0.15) is 17.4 Å². The predicted molar refractivity (Wildman–Crippen MR) is 61.8 cm³/mol. The summed E-state index contributed by atoms with van der Waals surface area (Å²) in [6, 6.07) is 5.48. The van der Waals surface area contributed by atoms with Gasteiger partial charge >= 0.3 is 0 Å². The molecule has 2 aromatic rings. The fourth-order valence-electron chi connectivity index (χ4n) is 1.61. The average molecular weight is 218 g/mol. The molecule has 0 saturated heterocycles. The zero-order chi connectivity index (χ0) is 11.7. The third-order valence-electron chi connectivity index (χ3n) is 2.27. The van der Waals surface area contributed by atoms with E-state index in [1.54, 1.807) is 17.9 Å². The highest BCUT2D eigenvalue weighted by molar-refractivity contribution is 5.53. The lowest BCUT2D eigenvalue weighted by atomic mass is 10.2. The highest BCUT2D eigenvalue weighted by atomic mass is 16.5. The molecule has 0 bridgehead atoms. The lowest BCUT2D eigenvalue weighted by molar-refractivity contribution is 0.414. The van der Waals surface area contributed by atoms with E-state index in [4.69, 9.17) is 10.5 Å². The molecule has 84 valence electrons. The van der Waals surface area contributed by atoms with E-state index in [2.05, 4.69) is 10.1 Å². The number of nitrogens with two attached hydrogens (primary N) is 1. The van der Waals surface area contributed by atoms with Crippen molar-refractivity contribution in [2.24, 2.45) is 0 Å². The van der Waals surface area contributed by atoms with Gasteiger partial charge in [0, 0.05) is 17.8 Å². The van der Waals surface area contributed by atoms with E-state index < -0.39 is 0 Å². The molecule has 0 atom stereocenters. The summed E-state index contributed by atoms with van der Waals surface area (Å²) < 4.78 is 6.91. The zero-order valence-corrected chi connectivity index (χ0v) is 9.56. The van der Waals surface area contributed by atoms with Crippen molar-refractivity contribution in [2.45, 2.75) is 13.8 Å². The average Bonchev–Trinajstić information content (AvgIpc) is 2.57. The topological polar surface area (TPSA) is 66.0 Å². The van der Waals surface area contributed by atoms with Gasteiger partial charge in [-0.2, -0.15) is 5.10 Å². The summed E-state index contributed by atoms with van der Waals surface area (Å²) in [6.07, 6.45) is 0. The summed E-state index contributed by atoms with van der Waals surface area (Å²) in [4.78, 5) is 4.24. The molecule has 0 aliphatic heterocycles. The van der Waals surface area contributed by atoms with Crippen LogP contribution in [0.25, 0.3) is 5.69 Å². The number of benzene rings is 1. The summed E-state index contributed by atoms with van der Waals surface area (Å²) >= 11 is 0. The van der Waals surface area contributed by atoms with Crippen molar-refractivity contribution in [3.8, 4) is 11.4 Å². The summed E-state index contributed by atoms with van der Waals surface area (Å²) in [5.41, 5.74) is 7.28. The van der Waals surface area contributed by atoms with Crippen molar-refractivity contribution in [2.75, 3.05) is 12.8 Å². The van der Waals surface area contributed by atoms with Gasteiger partial charge in [0.05, 0.1) is 12.8 Å². The van der Waals surface area contributed by atoms with Gasteiger partial charge in [0.2, 0.25) is 0 Å². The van der Waals surface area contributed by atoms with Gasteiger partial charge in [0.15, 0.2) is 0 Å². The standard InChI is InChI=1S/C11H14N4O/c1-7-13-8(2)15(14-7)10-4-9(12)5-11(6-10)16-3/h4-6H,12H2,1-3H3. The molecule has 2 rings (SSSR count). The van der Waals surface area contributed by atoms with Crippen LogP contribution in [0, 0.1) is 13.8 Å². The first-order valence-electron chi connectivity index (χ1n) is 4.95. The first-order chi connectivity index (χ1) is 7.60. The first-order valence-corrected chi connectivity index (χ1v) is 4.95. The molecular weight excluding hydrogens is 204 g/mol. The maximum Gasteiger partial charge on any atom is 0.148 e. The molecule has 5 heteroatoms. The van der Waals surface area contributed by atoms with Crippen LogP contribution in [0.1, 0.15) is 11.6 Å². The molecule has 0 unspecified atom stereocenters. The van der Waals surface area contributed by atoms with Gasteiger partial charge in [-0.25, -0.2) is 9.67 Å². The number of methoxy groups -OCH3 is 1. The van der Waals surface area contributed by atoms with Crippen LogP contribution in [0.4, 0.5) is 5.69 Å². The number of ether oxygens (including phenoxy) is 1. The van der Waals surface area contributed by atoms with Gasteiger partial charge in [0.25, 0.3) is 0 Å². The van der Waals surface area contributed by atoms with E-state index in [1.807, 2.05) is 26.0 Å². The van der Waals surface area contributed by atoms with E-state index in [0.717, 1.165) is 17.3 Å². The molecule has 1 aromatic carbocycles. The number of anilines is 1. The van der Waals surface area contributed by atoms with E-state index >= 15 is 0 Å². The number of aryl methyl sites for hydroxylation is 2. The summed E-state index contributed by atoms with van der Waals surface area (Å²) in [7, 11) is 1.61. The second-order valence-electron chi connectivity index (χ2n) is 3.58. The van der Waals surface area contributed by atoms with Crippen LogP contribution in [-0.4, -0.2) is 21.9 Å². The monoisotopic (exact) mass is 218 g/mol. The highest BCUT2D eigenvalue weighted by Crippen LogP contribution is 2.21. The van der Waals surface area contributed by atoms with Crippen molar-refractivity contribution in [3.05, 3.63) is 29.8 Å². The van der Waals surface area contributed by atoms with Crippen molar-refractivity contribution < 1.29 is 4.74 Å². The van der Waals surface area contributed by atoms with Gasteiger partial charge in [-0.3, -0.25) is 0 Å². The van der Waals surface area contributed by atoms with Crippen LogP contribution in [-0.2, 0) is 0 Å². The van der Waals surface area contributed by atoms with Gasteiger partial charge in [-0.05, 0) is 19.9 Å². The Morgan fingerprint density at radius 3 is 2.56 bits per heavy atom. The van der Waals surface area contributed by atoms with Gasteiger partial charge in [-0.15, -0.1) is 0 Å². The van der Waals surface area contributed by atoms with E-state index in [9.17, 15) is 0 Å². The molecule has 0 saturated carbocycles. The molecular formula is C11H14N4O. The van der Waals surface area contributed by atoms with Crippen molar-refractivity contribution >= 4 is 5.69 Å². The van der Waals surface area contributed by atoms with Crippen LogP contribution < -0.4 is 10.5 Å². The molecule has 1 aromatic heterocycles. The minimum Gasteiger partial charge on any atom is -0.497 e. The molecule has 5 nitrogen and oxygen atoms in total. The Morgan fingerprint density at radius 2 is 2.00 bits per heavy atom. The Morgan fingerprint density at radius 1 is 1.25 bits per heavy atom. The van der Waals surface area contributed by atoms with Crippen LogP contribution in [0.2, 0.25) is 0 Å². The summed E-state index contributed by atoms with van der Waals surface area (Å²) in [6.45, 7) is 3.75. The number of nitrogens with zero attached hydrogens (tertiary/aromatic N) is 3. The van der Waals surface area contributed by atoms with Gasteiger partial charge < -0.3 is 10.5 Å². The number of hydrogen-bond donors (Lipinski definition) is 1. The Bertz CT molecular complexity index is 519. The third-order valence-corrected chi connectivity index (χ3v) is 2.27. The lowest BCUT2D eigenvalue weighted by Gasteiger charge is -2.07. The molecule has 0 aliphatic rings. The molecule has 16 heavy (non-hydrogen) atoms. The van der Waals surface area contributed by atoms with Crippen molar-refractivity contribution in [3.63, 3.8) is 0 Å². The van der Waals surface area contributed by atoms with Crippen LogP contribution in [0.3, 0.4) is 0 Å². The second-order valence-corrected chi connectivity index (χ2v) is 3.58. The van der Waals surface area contributed by atoms with Crippen LogP contribution in [0.15, 0.2) is 18.2 Å². The van der Waals surface area contributed by atoms with E-state index in [1.165, 1.54) is 0 Å². The minimum absolute atomic E-state index is 0.641. The van der Waals surface area contributed by atoms with Gasteiger partial charge in [-0.1, -0.05) is 0 Å². The van der Waals surface area contributed by atoms with E-state index in [-0.39, 0.29) is 0 Å². The fraction of sp³-hybridized carbons (Fsp3) is 0.273. The van der Waals surface area contributed by atoms with Crippen molar-refractivity contribution in [1.82, 2.24) is 14.8 Å². The predicted octanol–water partition coefficient (Wildman–Crippen LogP) is 1.47. The second kappa shape index (κ2) is 3.84. The fourth-order valence-corrected chi connectivity index (χ4v) is 1.61. The number of aromatic nitrogens is 3. The molecule has 0 aliphatic carbocycles. The number of rotatable bonds is 2. The zero-order valence-electron chi connectivity index (χ0n) is 9.56. The maximum atomic E-state index is 5.79. The first kappa shape index (κ1) is 10.5. The third kappa shape index (κ3) is 1.84. The summed E-state index contributed by atoms with van der Waals surface area (Å²) in [5, 5.41) is 4.29. The smallest absolute Gasteiger partial charge is 0.148 e. The van der Waals surface area contributed by atoms with Crippen LogP contribution in [0.5, 0.6) is 5.75 Å². The Balaban J connectivity index is 2.55. The Kier molecular flexibility index (Phi) is 2.52. The lowest BCUT2D eigenvalue weighted by Crippen LogP contribution is -2.01. The van der Waals surface area contributed by atoms with Crippen LogP contribution >= 0.6 is 0 Å². The number of hydrogen-bond acceptors (Lipinski definition) is 4.